The minimum atomic E-state index is -0.772. The van der Waals surface area contributed by atoms with Gasteiger partial charge in [-0.15, -0.1) is 0 Å². The SMILES string of the molecule is CC(C)Oc1ccc(C2(C(=O)O)CC2)cc1Cl. The number of hydrogen-bond donors (Lipinski definition) is 1. The molecule has 1 N–H and O–H groups in total. The van der Waals surface area contributed by atoms with Gasteiger partial charge in [-0.3, -0.25) is 4.79 Å². The van der Waals surface area contributed by atoms with Crippen LogP contribution in [0, 0.1) is 0 Å². The summed E-state index contributed by atoms with van der Waals surface area (Å²) in [4.78, 5) is 11.2. The van der Waals surface area contributed by atoms with E-state index in [1.165, 1.54) is 0 Å². The van der Waals surface area contributed by atoms with Crippen LogP contribution in [0.3, 0.4) is 0 Å². The normalized spacial score (nSPS) is 16.9. The summed E-state index contributed by atoms with van der Waals surface area (Å²) >= 11 is 6.09. The standard InChI is InChI=1S/C13H15ClO3/c1-8(2)17-11-4-3-9(7-10(11)14)13(5-6-13)12(15)16/h3-4,7-8H,5-6H2,1-2H3,(H,15,16). The van der Waals surface area contributed by atoms with Crippen molar-refractivity contribution in [3.05, 3.63) is 28.8 Å². The molecule has 0 radical (unpaired) electrons. The van der Waals surface area contributed by atoms with Crippen LogP contribution >= 0.6 is 11.6 Å². The molecule has 1 aromatic carbocycles. The van der Waals surface area contributed by atoms with E-state index in [2.05, 4.69) is 0 Å². The first kappa shape index (κ1) is 12.2. The largest absolute Gasteiger partial charge is 0.489 e. The third-order valence-corrected chi connectivity index (χ3v) is 3.30. The van der Waals surface area contributed by atoms with Gasteiger partial charge in [-0.05, 0) is 44.4 Å². The molecule has 0 unspecified atom stereocenters. The predicted molar refractivity (Wildman–Crippen MR) is 65.8 cm³/mol. The summed E-state index contributed by atoms with van der Waals surface area (Å²) < 4.78 is 5.51. The van der Waals surface area contributed by atoms with E-state index in [4.69, 9.17) is 16.3 Å². The Morgan fingerprint density at radius 2 is 2.12 bits per heavy atom. The molecule has 0 spiro atoms. The van der Waals surface area contributed by atoms with E-state index in [1.807, 2.05) is 13.8 Å². The highest BCUT2D eigenvalue weighted by atomic mass is 35.5. The molecule has 3 nitrogen and oxygen atoms in total. The van der Waals surface area contributed by atoms with Gasteiger partial charge in [0.1, 0.15) is 5.75 Å². The number of carboxylic acids is 1. The van der Waals surface area contributed by atoms with Crippen molar-refractivity contribution in [2.24, 2.45) is 0 Å². The molecule has 1 aliphatic rings. The van der Waals surface area contributed by atoms with E-state index in [0.717, 1.165) is 5.56 Å². The maximum absolute atomic E-state index is 11.2. The molecular formula is C13H15ClO3. The molecule has 4 heteroatoms. The van der Waals surface area contributed by atoms with Crippen molar-refractivity contribution >= 4 is 17.6 Å². The highest BCUT2D eigenvalue weighted by molar-refractivity contribution is 6.32. The lowest BCUT2D eigenvalue weighted by Gasteiger charge is -2.15. The van der Waals surface area contributed by atoms with Crippen LogP contribution in [0.15, 0.2) is 18.2 Å². The van der Waals surface area contributed by atoms with E-state index < -0.39 is 11.4 Å². The molecule has 0 aliphatic heterocycles. The Balaban J connectivity index is 2.28. The van der Waals surface area contributed by atoms with Crippen LogP contribution in [0.5, 0.6) is 5.75 Å². The van der Waals surface area contributed by atoms with Crippen molar-refractivity contribution < 1.29 is 14.6 Å². The van der Waals surface area contributed by atoms with Crippen LogP contribution in [0.2, 0.25) is 5.02 Å². The van der Waals surface area contributed by atoms with Gasteiger partial charge < -0.3 is 9.84 Å². The first-order valence-electron chi connectivity index (χ1n) is 5.66. The fourth-order valence-corrected chi connectivity index (χ4v) is 2.12. The van der Waals surface area contributed by atoms with E-state index in [9.17, 15) is 9.90 Å². The first-order valence-corrected chi connectivity index (χ1v) is 6.03. The summed E-state index contributed by atoms with van der Waals surface area (Å²) in [5, 5.41) is 9.66. The van der Waals surface area contributed by atoms with Crippen molar-refractivity contribution in [2.75, 3.05) is 0 Å². The average Bonchev–Trinajstić information content (AvgIpc) is 3.01. The molecule has 0 aromatic heterocycles. The van der Waals surface area contributed by atoms with Crippen LogP contribution in [0.4, 0.5) is 0 Å². The first-order chi connectivity index (χ1) is 7.95. The second kappa shape index (κ2) is 4.22. The molecule has 1 aliphatic carbocycles. The van der Waals surface area contributed by atoms with Crippen molar-refractivity contribution in [2.45, 2.75) is 38.2 Å². The zero-order valence-electron chi connectivity index (χ0n) is 9.87. The molecule has 1 fully saturated rings. The van der Waals surface area contributed by atoms with Gasteiger partial charge in [0, 0.05) is 0 Å². The van der Waals surface area contributed by atoms with Gasteiger partial charge in [-0.1, -0.05) is 17.7 Å². The monoisotopic (exact) mass is 254 g/mol. The van der Waals surface area contributed by atoms with Gasteiger partial charge in [0.15, 0.2) is 0 Å². The fraction of sp³-hybridized carbons (Fsp3) is 0.462. The highest BCUT2D eigenvalue weighted by Crippen LogP contribution is 2.49. The number of aliphatic carboxylic acids is 1. The minimum absolute atomic E-state index is 0.0488. The van der Waals surface area contributed by atoms with Crippen molar-refractivity contribution in [3.63, 3.8) is 0 Å². The van der Waals surface area contributed by atoms with Gasteiger partial charge in [-0.2, -0.15) is 0 Å². The number of rotatable bonds is 4. The lowest BCUT2D eigenvalue weighted by atomic mass is 9.96. The third-order valence-electron chi connectivity index (χ3n) is 3.01. The number of ether oxygens (including phenoxy) is 1. The summed E-state index contributed by atoms with van der Waals surface area (Å²) in [6, 6.07) is 5.26. The number of hydrogen-bond acceptors (Lipinski definition) is 2. The summed E-state index contributed by atoms with van der Waals surface area (Å²) in [5.41, 5.74) is 0.0612. The van der Waals surface area contributed by atoms with Gasteiger partial charge in [-0.25, -0.2) is 0 Å². The molecule has 0 atom stereocenters. The molecule has 92 valence electrons. The second-order valence-electron chi connectivity index (χ2n) is 4.70. The smallest absolute Gasteiger partial charge is 0.314 e. The number of halogens is 1. The summed E-state index contributed by atoms with van der Waals surface area (Å²) in [5.74, 6) is -0.169. The topological polar surface area (TPSA) is 46.5 Å². The maximum atomic E-state index is 11.2. The third kappa shape index (κ3) is 2.25. The maximum Gasteiger partial charge on any atom is 0.314 e. The second-order valence-corrected chi connectivity index (χ2v) is 5.11. The molecular weight excluding hydrogens is 240 g/mol. The zero-order chi connectivity index (χ0) is 12.6. The van der Waals surface area contributed by atoms with Crippen LogP contribution < -0.4 is 4.74 Å². The van der Waals surface area contributed by atoms with Gasteiger partial charge >= 0.3 is 5.97 Å². The van der Waals surface area contributed by atoms with Gasteiger partial charge in [0.05, 0.1) is 16.5 Å². The average molecular weight is 255 g/mol. The van der Waals surface area contributed by atoms with E-state index >= 15 is 0 Å². The molecule has 0 heterocycles. The number of benzene rings is 1. The van der Waals surface area contributed by atoms with E-state index in [0.29, 0.717) is 23.6 Å². The van der Waals surface area contributed by atoms with Crippen molar-refractivity contribution in [1.29, 1.82) is 0 Å². The fourth-order valence-electron chi connectivity index (χ4n) is 1.90. The lowest BCUT2D eigenvalue weighted by Crippen LogP contribution is -2.19. The van der Waals surface area contributed by atoms with Crippen molar-refractivity contribution in [3.8, 4) is 5.75 Å². The molecule has 0 saturated heterocycles. The van der Waals surface area contributed by atoms with Crippen molar-refractivity contribution in [1.82, 2.24) is 0 Å². The summed E-state index contributed by atoms with van der Waals surface area (Å²) in [6.45, 7) is 3.84. The van der Waals surface area contributed by atoms with Gasteiger partial charge in [0.25, 0.3) is 0 Å². The number of carbonyl (C=O) groups is 1. The Kier molecular flexibility index (Phi) is 3.04. The predicted octanol–water partition coefficient (Wildman–Crippen LogP) is 3.24. The molecule has 1 aromatic rings. The number of carboxylic acid groups (broad SMARTS) is 1. The van der Waals surface area contributed by atoms with Crippen LogP contribution in [-0.2, 0) is 10.2 Å². The molecule has 17 heavy (non-hydrogen) atoms. The van der Waals surface area contributed by atoms with Crippen LogP contribution in [0.1, 0.15) is 32.3 Å². The van der Waals surface area contributed by atoms with Crippen LogP contribution in [0.25, 0.3) is 0 Å². The Morgan fingerprint density at radius 1 is 1.47 bits per heavy atom. The minimum Gasteiger partial charge on any atom is -0.489 e. The van der Waals surface area contributed by atoms with Gasteiger partial charge in [0.2, 0.25) is 0 Å². The van der Waals surface area contributed by atoms with Crippen LogP contribution in [-0.4, -0.2) is 17.2 Å². The summed E-state index contributed by atoms with van der Waals surface area (Å²) in [6.07, 6.45) is 1.42. The zero-order valence-corrected chi connectivity index (χ0v) is 10.6. The summed E-state index contributed by atoms with van der Waals surface area (Å²) in [7, 11) is 0. The van der Waals surface area contributed by atoms with E-state index in [-0.39, 0.29) is 6.10 Å². The Labute approximate surface area is 105 Å². The lowest BCUT2D eigenvalue weighted by molar-refractivity contribution is -0.140. The quantitative estimate of drug-likeness (QED) is 0.897. The molecule has 0 bridgehead atoms. The Bertz CT molecular complexity index is 450. The Hall–Kier alpha value is -1.22. The Morgan fingerprint density at radius 3 is 2.53 bits per heavy atom. The highest BCUT2D eigenvalue weighted by Gasteiger charge is 2.51. The van der Waals surface area contributed by atoms with E-state index in [1.54, 1.807) is 18.2 Å². The molecule has 1 saturated carbocycles. The molecule has 0 amide bonds. The molecule has 2 rings (SSSR count).